The van der Waals surface area contributed by atoms with Gasteiger partial charge in [-0.25, -0.2) is 4.98 Å². The Labute approximate surface area is 94.5 Å². The average Bonchev–Trinajstić information content (AvgIpc) is 2.83. The first-order chi connectivity index (χ1) is 7.75. The van der Waals surface area contributed by atoms with E-state index in [2.05, 4.69) is 15.4 Å². The second-order valence-corrected chi connectivity index (χ2v) is 3.74. The molecule has 0 amide bonds. The molecular weight excluding hydrogens is 204 g/mol. The third kappa shape index (κ3) is 2.70. The molecule has 16 heavy (non-hydrogen) atoms. The highest BCUT2D eigenvalue weighted by Crippen LogP contribution is 2.01. The number of nitrogens with zero attached hydrogens (tertiary/aromatic N) is 3. The van der Waals surface area contributed by atoms with Crippen molar-refractivity contribution in [1.82, 2.24) is 20.1 Å². The summed E-state index contributed by atoms with van der Waals surface area (Å²) < 4.78 is 7.24. The van der Waals surface area contributed by atoms with Gasteiger partial charge in [0.05, 0.1) is 12.7 Å². The Morgan fingerprint density at radius 1 is 1.50 bits per heavy atom. The third-order valence-corrected chi connectivity index (χ3v) is 2.43. The lowest BCUT2D eigenvalue weighted by Crippen LogP contribution is -2.18. The maximum atomic E-state index is 5.35. The lowest BCUT2D eigenvalue weighted by atomic mass is 10.3. The van der Waals surface area contributed by atoms with Crippen molar-refractivity contribution in [3.63, 3.8) is 0 Å². The van der Waals surface area contributed by atoms with E-state index in [1.165, 1.54) is 5.69 Å². The van der Waals surface area contributed by atoms with Gasteiger partial charge in [0.15, 0.2) is 0 Å². The molecule has 0 bridgehead atoms. The fourth-order valence-corrected chi connectivity index (χ4v) is 1.54. The Morgan fingerprint density at radius 2 is 2.38 bits per heavy atom. The van der Waals surface area contributed by atoms with Crippen molar-refractivity contribution in [3.05, 3.63) is 35.8 Å². The molecule has 0 fully saturated rings. The summed E-state index contributed by atoms with van der Waals surface area (Å²) in [4.78, 5) is 4.12. The zero-order chi connectivity index (χ0) is 11.4. The predicted molar refractivity (Wildman–Crippen MR) is 59.9 cm³/mol. The van der Waals surface area contributed by atoms with Crippen LogP contribution in [0, 0.1) is 6.92 Å². The molecule has 5 nitrogen and oxygen atoms in total. The van der Waals surface area contributed by atoms with Gasteiger partial charge in [-0.1, -0.05) is 0 Å². The van der Waals surface area contributed by atoms with Crippen LogP contribution in [0.3, 0.4) is 0 Å². The molecule has 0 aliphatic heterocycles. The predicted octanol–water partition coefficient (Wildman–Crippen LogP) is 1.05. The molecule has 0 atom stereocenters. The van der Waals surface area contributed by atoms with E-state index >= 15 is 0 Å². The van der Waals surface area contributed by atoms with Crippen molar-refractivity contribution in [2.45, 2.75) is 19.9 Å². The lowest BCUT2D eigenvalue weighted by molar-refractivity contribution is 0.449. The van der Waals surface area contributed by atoms with E-state index in [1.54, 1.807) is 6.20 Å². The van der Waals surface area contributed by atoms with E-state index in [1.807, 2.05) is 30.9 Å². The molecule has 2 aromatic heterocycles. The van der Waals surface area contributed by atoms with Crippen LogP contribution >= 0.6 is 0 Å². The fraction of sp³-hybridized carbons (Fsp3) is 0.455. The summed E-state index contributed by atoms with van der Waals surface area (Å²) in [5.41, 5.74) is 1.22. The van der Waals surface area contributed by atoms with Crippen LogP contribution < -0.4 is 5.32 Å². The van der Waals surface area contributed by atoms with Gasteiger partial charge in [0, 0.05) is 31.9 Å². The molecule has 0 spiro atoms. The van der Waals surface area contributed by atoms with Gasteiger partial charge in [0.2, 0.25) is 5.89 Å². The molecule has 2 heterocycles. The summed E-state index contributed by atoms with van der Waals surface area (Å²) in [5.74, 6) is 1.59. The highest BCUT2D eigenvalue weighted by atomic mass is 16.4. The van der Waals surface area contributed by atoms with Gasteiger partial charge in [0.25, 0.3) is 0 Å². The van der Waals surface area contributed by atoms with E-state index in [4.69, 9.17) is 4.42 Å². The molecule has 0 aliphatic carbocycles. The zero-order valence-electron chi connectivity index (χ0n) is 9.60. The third-order valence-electron chi connectivity index (χ3n) is 2.43. The largest absolute Gasteiger partial charge is 0.445 e. The maximum Gasteiger partial charge on any atom is 0.208 e. The molecule has 2 rings (SSSR count). The first-order valence-electron chi connectivity index (χ1n) is 5.34. The molecular formula is C11H16N4O. The Balaban J connectivity index is 1.71. The van der Waals surface area contributed by atoms with Gasteiger partial charge in [0.1, 0.15) is 5.76 Å². The van der Waals surface area contributed by atoms with Crippen molar-refractivity contribution in [3.8, 4) is 0 Å². The van der Waals surface area contributed by atoms with E-state index in [-0.39, 0.29) is 0 Å². The molecule has 0 saturated carbocycles. The summed E-state index contributed by atoms with van der Waals surface area (Å²) in [6.07, 6.45) is 4.50. The van der Waals surface area contributed by atoms with Crippen molar-refractivity contribution in [1.29, 1.82) is 0 Å². The quantitative estimate of drug-likeness (QED) is 0.765. The van der Waals surface area contributed by atoms with Crippen molar-refractivity contribution in [2.24, 2.45) is 7.05 Å². The molecule has 86 valence electrons. The van der Waals surface area contributed by atoms with Crippen molar-refractivity contribution >= 4 is 0 Å². The van der Waals surface area contributed by atoms with Gasteiger partial charge < -0.3 is 9.73 Å². The van der Waals surface area contributed by atoms with Crippen molar-refractivity contribution < 1.29 is 4.42 Å². The van der Waals surface area contributed by atoms with E-state index in [0.29, 0.717) is 6.54 Å². The molecule has 0 saturated heterocycles. The molecule has 0 unspecified atom stereocenters. The SMILES string of the molecule is Cc1cnc(CNCCc2ccnn2C)o1. The van der Waals surface area contributed by atoms with Gasteiger partial charge in [-0.05, 0) is 13.0 Å². The summed E-state index contributed by atoms with van der Waals surface area (Å²) >= 11 is 0. The summed E-state index contributed by atoms with van der Waals surface area (Å²) in [6, 6.07) is 2.02. The lowest BCUT2D eigenvalue weighted by Gasteiger charge is -2.02. The van der Waals surface area contributed by atoms with Crippen LogP contribution in [0.25, 0.3) is 0 Å². The summed E-state index contributed by atoms with van der Waals surface area (Å²) in [6.45, 7) is 3.46. The highest BCUT2D eigenvalue weighted by molar-refractivity contribution is 5.00. The Bertz CT molecular complexity index is 446. The van der Waals surface area contributed by atoms with E-state index in [9.17, 15) is 0 Å². The molecule has 2 aromatic rings. The molecule has 1 N–H and O–H groups in total. The summed E-state index contributed by atoms with van der Waals surface area (Å²) in [7, 11) is 1.95. The van der Waals surface area contributed by atoms with Crippen LogP contribution in [0.2, 0.25) is 0 Å². The van der Waals surface area contributed by atoms with Gasteiger partial charge >= 0.3 is 0 Å². The van der Waals surface area contributed by atoms with Crippen LogP contribution in [0.15, 0.2) is 22.9 Å². The minimum absolute atomic E-state index is 0.672. The Kier molecular flexibility index (Phi) is 3.36. The first-order valence-corrected chi connectivity index (χ1v) is 5.34. The summed E-state index contributed by atoms with van der Waals surface area (Å²) in [5, 5.41) is 7.40. The Morgan fingerprint density at radius 3 is 3.00 bits per heavy atom. The van der Waals surface area contributed by atoms with E-state index in [0.717, 1.165) is 24.6 Å². The smallest absolute Gasteiger partial charge is 0.208 e. The van der Waals surface area contributed by atoms with Gasteiger partial charge in [-0.3, -0.25) is 4.68 Å². The fourth-order valence-electron chi connectivity index (χ4n) is 1.54. The average molecular weight is 220 g/mol. The number of hydrogen-bond acceptors (Lipinski definition) is 4. The van der Waals surface area contributed by atoms with Crippen LogP contribution in [-0.2, 0) is 20.0 Å². The number of aryl methyl sites for hydroxylation is 2. The highest BCUT2D eigenvalue weighted by Gasteiger charge is 2.01. The van der Waals surface area contributed by atoms with Crippen LogP contribution in [0.1, 0.15) is 17.3 Å². The number of rotatable bonds is 5. The van der Waals surface area contributed by atoms with Crippen LogP contribution in [0.5, 0.6) is 0 Å². The minimum atomic E-state index is 0.672. The maximum absolute atomic E-state index is 5.35. The van der Waals surface area contributed by atoms with Gasteiger partial charge in [-0.2, -0.15) is 5.10 Å². The van der Waals surface area contributed by atoms with E-state index < -0.39 is 0 Å². The number of oxazole rings is 1. The Hall–Kier alpha value is -1.62. The zero-order valence-corrected chi connectivity index (χ0v) is 9.60. The molecule has 5 heteroatoms. The van der Waals surface area contributed by atoms with Crippen LogP contribution in [-0.4, -0.2) is 21.3 Å². The topological polar surface area (TPSA) is 55.9 Å². The number of hydrogen-bond donors (Lipinski definition) is 1. The standard InChI is InChI=1S/C11H16N4O/c1-9-7-13-11(16-9)8-12-5-3-10-4-6-14-15(10)2/h4,6-7,12H,3,5,8H2,1-2H3. The first kappa shape index (κ1) is 10.9. The van der Waals surface area contributed by atoms with Crippen molar-refractivity contribution in [2.75, 3.05) is 6.54 Å². The van der Waals surface area contributed by atoms with Gasteiger partial charge in [-0.15, -0.1) is 0 Å². The second kappa shape index (κ2) is 4.94. The van der Waals surface area contributed by atoms with Crippen LogP contribution in [0.4, 0.5) is 0 Å². The second-order valence-electron chi connectivity index (χ2n) is 3.74. The minimum Gasteiger partial charge on any atom is -0.445 e. The molecule has 0 aromatic carbocycles. The number of aromatic nitrogens is 3. The monoisotopic (exact) mass is 220 g/mol. The number of nitrogens with one attached hydrogen (secondary N) is 1. The normalized spacial score (nSPS) is 10.9. The molecule has 0 radical (unpaired) electrons. The molecule has 0 aliphatic rings.